The Bertz CT molecular complexity index is 635. The maximum atomic E-state index is 11.0. The number of hydrogen-bond donors (Lipinski definition) is 1. The fourth-order valence-electron chi connectivity index (χ4n) is 2.64. The van der Waals surface area contributed by atoms with Crippen molar-refractivity contribution in [1.29, 1.82) is 0 Å². The molecule has 2 aromatic rings. The lowest BCUT2D eigenvalue weighted by Gasteiger charge is -2.15. The van der Waals surface area contributed by atoms with E-state index in [1.165, 1.54) is 11.8 Å². The van der Waals surface area contributed by atoms with E-state index in [1.807, 2.05) is 22.5 Å². The van der Waals surface area contributed by atoms with E-state index >= 15 is 0 Å². The van der Waals surface area contributed by atoms with Crippen molar-refractivity contribution in [2.45, 2.75) is 32.9 Å². The quantitative estimate of drug-likeness (QED) is 0.939. The number of likely N-dealkylation sites (tertiary alicyclic amines) is 1. The zero-order valence-corrected chi connectivity index (χ0v) is 13.1. The molecule has 112 valence electrons. The van der Waals surface area contributed by atoms with Crippen molar-refractivity contribution >= 4 is 23.1 Å². The van der Waals surface area contributed by atoms with Crippen LogP contribution in [0.25, 0.3) is 0 Å². The summed E-state index contributed by atoms with van der Waals surface area (Å²) in [6.07, 6.45) is 3.02. The van der Waals surface area contributed by atoms with Gasteiger partial charge in [0.15, 0.2) is 5.82 Å². The molecule has 1 fully saturated rings. The van der Waals surface area contributed by atoms with Gasteiger partial charge >= 0.3 is 0 Å². The van der Waals surface area contributed by atoms with Crippen LogP contribution in [-0.4, -0.2) is 38.7 Å². The SMILES string of the molecule is CC(=O)Nc1ccn([C@H]2CCN(Cc3scnc3C)C2)n1. The first-order chi connectivity index (χ1) is 10.1. The number of amides is 1. The Morgan fingerprint density at radius 2 is 2.43 bits per heavy atom. The van der Waals surface area contributed by atoms with Gasteiger partial charge in [0.25, 0.3) is 0 Å². The summed E-state index contributed by atoms with van der Waals surface area (Å²) in [6, 6.07) is 2.22. The maximum absolute atomic E-state index is 11.0. The third-order valence-corrected chi connectivity index (χ3v) is 4.67. The lowest BCUT2D eigenvalue weighted by molar-refractivity contribution is -0.114. The standard InChI is InChI=1S/C14H19N5OS/c1-10-13(21-9-15-10)8-18-5-3-12(7-18)19-6-4-14(17-19)16-11(2)20/h4,6,9,12H,3,5,7-8H2,1-2H3,(H,16,17,20)/t12-/m0/s1. The highest BCUT2D eigenvalue weighted by atomic mass is 32.1. The van der Waals surface area contributed by atoms with E-state index in [-0.39, 0.29) is 5.91 Å². The number of carbonyl (C=O) groups is 1. The van der Waals surface area contributed by atoms with Crippen molar-refractivity contribution in [3.63, 3.8) is 0 Å². The van der Waals surface area contributed by atoms with Gasteiger partial charge in [-0.3, -0.25) is 14.4 Å². The molecule has 3 heterocycles. The largest absolute Gasteiger partial charge is 0.309 e. The van der Waals surface area contributed by atoms with E-state index in [0.29, 0.717) is 11.9 Å². The molecule has 0 aromatic carbocycles. The predicted octanol–water partition coefficient (Wildman–Crippen LogP) is 2.05. The first-order valence-corrected chi connectivity index (χ1v) is 7.94. The summed E-state index contributed by atoms with van der Waals surface area (Å²) in [7, 11) is 0. The predicted molar refractivity (Wildman–Crippen MR) is 82.3 cm³/mol. The molecule has 0 aliphatic carbocycles. The molecule has 7 heteroatoms. The van der Waals surface area contributed by atoms with Crippen LogP contribution in [-0.2, 0) is 11.3 Å². The van der Waals surface area contributed by atoms with Crippen LogP contribution >= 0.6 is 11.3 Å². The van der Waals surface area contributed by atoms with Crippen LogP contribution in [0, 0.1) is 6.92 Å². The summed E-state index contributed by atoms with van der Waals surface area (Å²) >= 11 is 1.72. The average molecular weight is 305 g/mol. The Morgan fingerprint density at radius 1 is 1.57 bits per heavy atom. The molecule has 6 nitrogen and oxygen atoms in total. The van der Waals surface area contributed by atoms with Gasteiger partial charge in [0.1, 0.15) is 0 Å². The first kappa shape index (κ1) is 14.2. The van der Waals surface area contributed by atoms with Crippen molar-refractivity contribution in [2.24, 2.45) is 0 Å². The Balaban J connectivity index is 1.60. The van der Waals surface area contributed by atoms with E-state index in [9.17, 15) is 4.79 Å². The first-order valence-electron chi connectivity index (χ1n) is 7.06. The summed E-state index contributed by atoms with van der Waals surface area (Å²) in [4.78, 5) is 19.1. The molecule has 0 bridgehead atoms. The molecule has 0 unspecified atom stereocenters. The minimum absolute atomic E-state index is 0.0889. The minimum atomic E-state index is -0.0889. The van der Waals surface area contributed by atoms with Gasteiger partial charge in [0.05, 0.1) is 17.2 Å². The average Bonchev–Trinajstić information content (AvgIpc) is 3.12. The van der Waals surface area contributed by atoms with Crippen LogP contribution in [0.2, 0.25) is 0 Å². The Labute approximate surface area is 127 Å². The fraction of sp³-hybridized carbons (Fsp3) is 0.500. The number of anilines is 1. The number of carbonyl (C=O) groups excluding carboxylic acids is 1. The number of nitrogens with zero attached hydrogens (tertiary/aromatic N) is 4. The van der Waals surface area contributed by atoms with Crippen LogP contribution in [0.15, 0.2) is 17.8 Å². The molecule has 1 amide bonds. The number of nitrogens with one attached hydrogen (secondary N) is 1. The second-order valence-corrected chi connectivity index (χ2v) is 6.34. The molecule has 3 rings (SSSR count). The van der Waals surface area contributed by atoms with Gasteiger partial charge in [-0.2, -0.15) is 5.10 Å². The van der Waals surface area contributed by atoms with Gasteiger partial charge in [-0.25, -0.2) is 4.98 Å². The van der Waals surface area contributed by atoms with Gasteiger partial charge in [0, 0.05) is 43.7 Å². The van der Waals surface area contributed by atoms with Gasteiger partial charge in [-0.15, -0.1) is 11.3 Å². The minimum Gasteiger partial charge on any atom is -0.309 e. The summed E-state index contributed by atoms with van der Waals surface area (Å²) < 4.78 is 1.96. The summed E-state index contributed by atoms with van der Waals surface area (Å²) in [5.74, 6) is 0.535. The van der Waals surface area contributed by atoms with E-state index in [2.05, 4.69) is 27.2 Å². The molecule has 1 N–H and O–H groups in total. The second-order valence-electron chi connectivity index (χ2n) is 5.40. The van der Waals surface area contributed by atoms with Crippen molar-refractivity contribution in [3.05, 3.63) is 28.3 Å². The molecule has 0 spiro atoms. The molecule has 2 aromatic heterocycles. The molecular formula is C14H19N5OS. The fourth-order valence-corrected chi connectivity index (χ4v) is 3.46. The third kappa shape index (κ3) is 3.30. The van der Waals surface area contributed by atoms with Crippen molar-refractivity contribution in [3.8, 4) is 0 Å². The van der Waals surface area contributed by atoms with Crippen LogP contribution in [0.5, 0.6) is 0 Å². The van der Waals surface area contributed by atoms with Gasteiger partial charge in [-0.1, -0.05) is 0 Å². The Hall–Kier alpha value is -1.73. The zero-order chi connectivity index (χ0) is 14.8. The highest BCUT2D eigenvalue weighted by molar-refractivity contribution is 7.09. The molecule has 21 heavy (non-hydrogen) atoms. The van der Waals surface area contributed by atoms with E-state index in [4.69, 9.17) is 0 Å². The molecule has 0 radical (unpaired) electrons. The normalized spacial score (nSPS) is 19.0. The summed E-state index contributed by atoms with van der Waals surface area (Å²) in [6.45, 7) is 6.57. The number of aryl methyl sites for hydroxylation is 1. The van der Waals surface area contributed by atoms with Crippen molar-refractivity contribution in [2.75, 3.05) is 18.4 Å². The molecule has 0 saturated carbocycles. The number of rotatable bonds is 4. The topological polar surface area (TPSA) is 63.1 Å². The van der Waals surface area contributed by atoms with Crippen LogP contribution in [0.3, 0.4) is 0 Å². The van der Waals surface area contributed by atoms with E-state index < -0.39 is 0 Å². The monoisotopic (exact) mass is 305 g/mol. The van der Waals surface area contributed by atoms with Crippen LogP contribution < -0.4 is 5.32 Å². The second kappa shape index (κ2) is 5.95. The lowest BCUT2D eigenvalue weighted by atomic mass is 10.3. The molecule has 1 aliphatic rings. The van der Waals surface area contributed by atoms with Gasteiger partial charge < -0.3 is 5.32 Å². The highest BCUT2D eigenvalue weighted by Gasteiger charge is 2.25. The Morgan fingerprint density at radius 3 is 3.14 bits per heavy atom. The lowest BCUT2D eigenvalue weighted by Crippen LogP contribution is -2.21. The zero-order valence-electron chi connectivity index (χ0n) is 12.2. The van der Waals surface area contributed by atoms with Crippen molar-refractivity contribution < 1.29 is 4.79 Å². The van der Waals surface area contributed by atoms with Crippen molar-refractivity contribution in [1.82, 2.24) is 19.7 Å². The number of hydrogen-bond acceptors (Lipinski definition) is 5. The highest BCUT2D eigenvalue weighted by Crippen LogP contribution is 2.25. The summed E-state index contributed by atoms with van der Waals surface area (Å²) in [5.41, 5.74) is 3.04. The Kier molecular flexibility index (Phi) is 4.03. The molecule has 1 saturated heterocycles. The summed E-state index contributed by atoms with van der Waals surface area (Å²) in [5, 5.41) is 7.14. The molecular weight excluding hydrogens is 286 g/mol. The van der Waals surface area contributed by atoms with E-state index in [0.717, 1.165) is 31.7 Å². The van der Waals surface area contributed by atoms with Gasteiger partial charge in [-0.05, 0) is 13.3 Å². The smallest absolute Gasteiger partial charge is 0.222 e. The van der Waals surface area contributed by atoms with Crippen LogP contribution in [0.1, 0.15) is 30.0 Å². The third-order valence-electron chi connectivity index (χ3n) is 3.75. The van der Waals surface area contributed by atoms with Gasteiger partial charge in [0.2, 0.25) is 5.91 Å². The number of thiazole rings is 1. The molecule has 1 atom stereocenters. The van der Waals surface area contributed by atoms with E-state index in [1.54, 1.807) is 11.3 Å². The number of aromatic nitrogens is 3. The molecule has 1 aliphatic heterocycles. The van der Waals surface area contributed by atoms with Crippen LogP contribution in [0.4, 0.5) is 5.82 Å². The maximum Gasteiger partial charge on any atom is 0.222 e.